The number of ether oxygens (including phenoxy) is 1. The van der Waals surface area contributed by atoms with Gasteiger partial charge in [-0.2, -0.15) is 0 Å². The van der Waals surface area contributed by atoms with Crippen LogP contribution in [0.1, 0.15) is 53.9 Å². The van der Waals surface area contributed by atoms with Gasteiger partial charge >= 0.3 is 5.97 Å². The number of nitrogens with zero attached hydrogens (tertiary/aromatic N) is 2. The van der Waals surface area contributed by atoms with Crippen molar-refractivity contribution in [2.45, 2.75) is 46.0 Å². The van der Waals surface area contributed by atoms with E-state index in [1.807, 2.05) is 6.92 Å². The molecule has 1 N–H and O–H groups in total. The third-order valence-electron chi connectivity index (χ3n) is 5.07. The number of esters is 1. The van der Waals surface area contributed by atoms with Gasteiger partial charge in [0.25, 0.3) is 0 Å². The number of hydrogen-bond acceptors (Lipinski definition) is 5. The van der Waals surface area contributed by atoms with E-state index in [9.17, 15) is 4.79 Å². The van der Waals surface area contributed by atoms with Gasteiger partial charge in [-0.1, -0.05) is 6.92 Å². The molecular formula is C19H29N3O2S2. The lowest BCUT2D eigenvalue weighted by molar-refractivity contribution is 0.0526. The van der Waals surface area contributed by atoms with Crippen molar-refractivity contribution in [2.75, 3.05) is 44.6 Å². The van der Waals surface area contributed by atoms with Gasteiger partial charge in [-0.3, -0.25) is 4.90 Å². The molecule has 0 atom stereocenters. The quantitative estimate of drug-likeness (QED) is 0.608. The predicted molar refractivity (Wildman–Crippen MR) is 111 cm³/mol. The molecular weight excluding hydrogens is 366 g/mol. The maximum absolute atomic E-state index is 12.6. The largest absolute Gasteiger partial charge is 0.462 e. The molecule has 5 nitrogen and oxygen atoms in total. The minimum absolute atomic E-state index is 0.218. The first kappa shape index (κ1) is 19.6. The molecule has 0 radical (unpaired) electrons. The van der Waals surface area contributed by atoms with Gasteiger partial charge in [0.15, 0.2) is 5.11 Å². The zero-order valence-electron chi connectivity index (χ0n) is 15.8. The Morgan fingerprint density at radius 1 is 1.19 bits per heavy atom. The molecule has 144 valence electrons. The smallest absolute Gasteiger partial charge is 0.341 e. The van der Waals surface area contributed by atoms with E-state index in [4.69, 9.17) is 17.0 Å². The van der Waals surface area contributed by atoms with E-state index in [1.165, 1.54) is 23.3 Å². The summed E-state index contributed by atoms with van der Waals surface area (Å²) in [5.74, 6) is -0.218. The van der Waals surface area contributed by atoms with Crippen molar-refractivity contribution in [1.29, 1.82) is 0 Å². The third kappa shape index (κ3) is 4.38. The first-order valence-corrected chi connectivity index (χ1v) is 11.0. The van der Waals surface area contributed by atoms with Crippen LogP contribution in [-0.2, 0) is 17.6 Å². The summed E-state index contributed by atoms with van der Waals surface area (Å²) in [7, 11) is 0. The fourth-order valence-electron chi connectivity index (χ4n) is 3.74. The van der Waals surface area contributed by atoms with Crippen molar-refractivity contribution in [1.82, 2.24) is 9.80 Å². The Morgan fingerprint density at radius 2 is 1.92 bits per heavy atom. The van der Waals surface area contributed by atoms with E-state index in [0.717, 1.165) is 67.7 Å². The van der Waals surface area contributed by atoms with Crippen LogP contribution >= 0.6 is 23.6 Å². The van der Waals surface area contributed by atoms with Crippen LogP contribution in [0.3, 0.4) is 0 Å². The summed E-state index contributed by atoms with van der Waals surface area (Å²) in [6.07, 6.45) is 5.53. The topological polar surface area (TPSA) is 44.8 Å². The summed E-state index contributed by atoms with van der Waals surface area (Å²) in [5.41, 5.74) is 1.90. The van der Waals surface area contributed by atoms with E-state index < -0.39 is 0 Å². The summed E-state index contributed by atoms with van der Waals surface area (Å²) in [6, 6.07) is 0. The molecule has 0 spiro atoms. The van der Waals surface area contributed by atoms with Crippen LogP contribution in [0.4, 0.5) is 5.00 Å². The average molecular weight is 396 g/mol. The zero-order valence-corrected chi connectivity index (χ0v) is 17.4. The molecule has 26 heavy (non-hydrogen) atoms. The second-order valence-corrected chi connectivity index (χ2v) is 8.39. The van der Waals surface area contributed by atoms with Crippen molar-refractivity contribution >= 4 is 39.6 Å². The number of carbonyl (C=O) groups excluding carboxylic acids is 1. The second kappa shape index (κ2) is 9.15. The molecule has 1 fully saturated rings. The van der Waals surface area contributed by atoms with Crippen molar-refractivity contribution < 1.29 is 9.53 Å². The Morgan fingerprint density at radius 3 is 2.62 bits per heavy atom. The molecule has 2 heterocycles. The van der Waals surface area contributed by atoms with Crippen LogP contribution in [0.2, 0.25) is 0 Å². The Labute approximate surface area is 165 Å². The summed E-state index contributed by atoms with van der Waals surface area (Å²) in [6.45, 7) is 9.57. The van der Waals surface area contributed by atoms with Gasteiger partial charge in [-0.25, -0.2) is 4.79 Å². The van der Waals surface area contributed by atoms with Gasteiger partial charge in [0.2, 0.25) is 0 Å². The van der Waals surface area contributed by atoms with Crippen molar-refractivity contribution in [3.63, 3.8) is 0 Å². The maximum Gasteiger partial charge on any atom is 0.341 e. The maximum atomic E-state index is 12.6. The predicted octanol–water partition coefficient (Wildman–Crippen LogP) is 3.53. The van der Waals surface area contributed by atoms with Crippen LogP contribution in [0.15, 0.2) is 0 Å². The van der Waals surface area contributed by atoms with Gasteiger partial charge < -0.3 is 15.0 Å². The number of rotatable bonds is 5. The Bertz CT molecular complexity index is 651. The number of carbonyl (C=O) groups is 1. The molecule has 0 unspecified atom stereocenters. The third-order valence-corrected chi connectivity index (χ3v) is 6.64. The molecule has 1 aromatic rings. The summed E-state index contributed by atoms with van der Waals surface area (Å²) >= 11 is 7.34. The normalized spacial score (nSPS) is 17.7. The van der Waals surface area contributed by atoms with Gasteiger partial charge in [0.1, 0.15) is 5.00 Å². The van der Waals surface area contributed by atoms with E-state index >= 15 is 0 Å². The van der Waals surface area contributed by atoms with Gasteiger partial charge in [0, 0.05) is 31.1 Å². The standard InChI is InChI=1S/C19H29N3O2S2/c1-3-9-21-10-12-22(13-11-21)19(25)20-17-16(18(23)24-4-2)14-7-5-6-8-15(14)26-17/h3-13H2,1-2H3,(H,20,25). The van der Waals surface area contributed by atoms with Crippen molar-refractivity contribution in [3.8, 4) is 0 Å². The van der Waals surface area contributed by atoms with E-state index in [0.29, 0.717) is 6.61 Å². The Hall–Kier alpha value is -1.18. The Kier molecular flexibility index (Phi) is 6.89. The average Bonchev–Trinajstić information content (AvgIpc) is 3.00. The second-order valence-electron chi connectivity index (χ2n) is 6.89. The molecule has 1 aromatic heterocycles. The zero-order chi connectivity index (χ0) is 18.5. The lowest BCUT2D eigenvalue weighted by Gasteiger charge is -2.36. The molecule has 1 aliphatic heterocycles. The number of fused-ring (bicyclic) bond motifs is 1. The van der Waals surface area contributed by atoms with Gasteiger partial charge in [0.05, 0.1) is 12.2 Å². The summed E-state index contributed by atoms with van der Waals surface area (Å²) < 4.78 is 5.33. The minimum Gasteiger partial charge on any atom is -0.462 e. The number of thiocarbonyl (C=S) groups is 1. The van der Waals surface area contributed by atoms with E-state index in [-0.39, 0.29) is 5.97 Å². The monoisotopic (exact) mass is 395 g/mol. The molecule has 0 bridgehead atoms. The number of aryl methyl sites for hydroxylation is 1. The van der Waals surface area contributed by atoms with E-state index in [1.54, 1.807) is 11.3 Å². The van der Waals surface area contributed by atoms with Crippen LogP contribution < -0.4 is 5.32 Å². The highest BCUT2D eigenvalue weighted by atomic mass is 32.1. The molecule has 0 amide bonds. The van der Waals surface area contributed by atoms with Crippen LogP contribution in [-0.4, -0.2) is 60.2 Å². The van der Waals surface area contributed by atoms with Crippen LogP contribution in [0.5, 0.6) is 0 Å². The fraction of sp³-hybridized carbons (Fsp3) is 0.684. The van der Waals surface area contributed by atoms with Gasteiger partial charge in [-0.15, -0.1) is 11.3 Å². The Balaban J connectivity index is 1.72. The number of hydrogen-bond donors (Lipinski definition) is 1. The molecule has 0 saturated carbocycles. The highest BCUT2D eigenvalue weighted by molar-refractivity contribution is 7.80. The molecule has 3 rings (SSSR count). The highest BCUT2D eigenvalue weighted by Crippen LogP contribution is 2.38. The molecule has 1 saturated heterocycles. The lowest BCUT2D eigenvalue weighted by Crippen LogP contribution is -2.50. The SMILES string of the molecule is CCCN1CCN(C(=S)Nc2sc3c(c2C(=O)OCC)CCCC3)CC1. The number of piperazine rings is 1. The first-order chi connectivity index (χ1) is 12.6. The minimum atomic E-state index is -0.218. The van der Waals surface area contributed by atoms with Crippen molar-refractivity contribution in [2.24, 2.45) is 0 Å². The van der Waals surface area contributed by atoms with Crippen LogP contribution in [0.25, 0.3) is 0 Å². The molecule has 7 heteroatoms. The number of nitrogens with one attached hydrogen (secondary N) is 1. The molecule has 0 aromatic carbocycles. The first-order valence-electron chi connectivity index (χ1n) is 9.74. The molecule has 2 aliphatic rings. The highest BCUT2D eigenvalue weighted by Gasteiger charge is 2.28. The molecule has 1 aliphatic carbocycles. The fourth-order valence-corrected chi connectivity index (χ4v) is 5.37. The lowest BCUT2D eigenvalue weighted by atomic mass is 9.95. The van der Waals surface area contributed by atoms with Crippen molar-refractivity contribution in [3.05, 3.63) is 16.0 Å². The van der Waals surface area contributed by atoms with E-state index in [2.05, 4.69) is 22.0 Å². The summed E-state index contributed by atoms with van der Waals surface area (Å²) in [5, 5.41) is 4.98. The number of thiophene rings is 1. The number of anilines is 1. The summed E-state index contributed by atoms with van der Waals surface area (Å²) in [4.78, 5) is 18.6. The van der Waals surface area contributed by atoms with Crippen LogP contribution in [0, 0.1) is 0 Å². The van der Waals surface area contributed by atoms with Gasteiger partial charge in [-0.05, 0) is 63.4 Å².